The molecule has 3 heterocycles. The number of amides is 2. The molecular weight excluding hydrogens is 771 g/mol. The van der Waals surface area contributed by atoms with Gasteiger partial charge in [0.05, 0.1) is 19.2 Å². The number of hydrogen-bond acceptors (Lipinski definition) is 13. The van der Waals surface area contributed by atoms with Gasteiger partial charge in [0.2, 0.25) is 11.8 Å². The van der Waals surface area contributed by atoms with E-state index in [1.54, 1.807) is 45.0 Å². The van der Waals surface area contributed by atoms with Gasteiger partial charge in [-0.2, -0.15) is 18.2 Å². The summed E-state index contributed by atoms with van der Waals surface area (Å²) >= 11 is 0. The van der Waals surface area contributed by atoms with Crippen molar-refractivity contribution in [2.45, 2.75) is 133 Å². The predicted octanol–water partition coefficient (Wildman–Crippen LogP) is 3.01. The number of nitrogens with one attached hydrogen (secondary N) is 2. The van der Waals surface area contributed by atoms with E-state index in [-0.39, 0.29) is 50.6 Å². The Morgan fingerprint density at radius 3 is 2.31 bits per heavy atom. The van der Waals surface area contributed by atoms with Crippen LogP contribution in [0.15, 0.2) is 30.3 Å². The Morgan fingerprint density at radius 1 is 1.02 bits per heavy atom. The number of aliphatic hydroxyl groups is 1. The van der Waals surface area contributed by atoms with Gasteiger partial charge >= 0.3 is 24.1 Å². The van der Waals surface area contributed by atoms with Crippen LogP contribution in [0.1, 0.15) is 83.3 Å². The number of halogens is 3. The third-order valence-corrected chi connectivity index (χ3v) is 11.4. The smallest absolute Gasteiger partial charge is 0.422 e. The molecule has 7 rings (SSSR count). The Bertz CT molecular complexity index is 1760. The minimum atomic E-state index is -4.64. The van der Waals surface area contributed by atoms with E-state index in [9.17, 15) is 42.3 Å². The number of alkyl halides is 3. The summed E-state index contributed by atoms with van der Waals surface area (Å²) in [4.78, 5) is 72.0. The van der Waals surface area contributed by atoms with Crippen LogP contribution in [-0.4, -0.2) is 114 Å². The largest absolute Gasteiger partial charge is 0.460 e. The molecule has 1 aromatic carbocycles. The summed E-state index contributed by atoms with van der Waals surface area (Å²) < 4.78 is 66.3. The molecule has 3 aliphatic carbocycles. The topological polar surface area (TPSA) is 188 Å². The van der Waals surface area contributed by atoms with Crippen molar-refractivity contribution in [1.29, 1.82) is 0 Å². The molecule has 2 amide bonds. The maximum Gasteiger partial charge on any atom is 0.422 e. The van der Waals surface area contributed by atoms with E-state index in [2.05, 4.69) is 15.4 Å². The molecule has 15 nitrogen and oxygen atoms in total. The summed E-state index contributed by atoms with van der Waals surface area (Å²) in [5.74, 6) is -3.74. The summed E-state index contributed by atoms with van der Waals surface area (Å²) in [5.41, 5.74) is -1.01. The lowest BCUT2D eigenvalue weighted by Crippen LogP contribution is -2.69. The van der Waals surface area contributed by atoms with Crippen molar-refractivity contribution in [3.05, 3.63) is 41.5 Å². The maximum atomic E-state index is 14.5. The third-order valence-electron chi connectivity index (χ3n) is 11.4. The van der Waals surface area contributed by atoms with Gasteiger partial charge in [-0.05, 0) is 70.1 Å². The standard InChI is InChI=1S/C40H50F3N3O12/c1-37(2,3)55-30(50)15-13-26(20-47)45-28(48)16-17-44-36(52)38-18-27-31-32(57-40(56-31,24-9-10-24)25-11-12-25)34(38)58-46(33(38)35(51)54-27)19-23-6-4-22(5-7-23)8-14-29(49)53-21-39(41,42)43/h4-8,14,24-27,31-34,47H,9-13,15-21H2,1-3H3,(H,44,52)(H,45,48)/t26-,27+,31-,32-,33-,34+,38-/m0/s1. The van der Waals surface area contributed by atoms with Crippen LogP contribution in [0.2, 0.25) is 0 Å². The number of aliphatic hydroxyl groups excluding tert-OH is 1. The number of benzene rings is 1. The average Bonchev–Trinajstić information content (AvgIpc) is 4.10. The number of nitrogens with zero attached hydrogens (tertiary/aromatic N) is 1. The maximum absolute atomic E-state index is 14.5. The highest BCUT2D eigenvalue weighted by Crippen LogP contribution is 2.63. The fourth-order valence-corrected chi connectivity index (χ4v) is 8.59. The van der Waals surface area contributed by atoms with Crippen LogP contribution in [0.25, 0.3) is 6.08 Å². The molecule has 58 heavy (non-hydrogen) atoms. The first kappa shape index (κ1) is 42.0. The fraction of sp³-hybridized carbons (Fsp3) is 0.675. The van der Waals surface area contributed by atoms with Gasteiger partial charge in [0.15, 0.2) is 18.4 Å². The first-order valence-corrected chi connectivity index (χ1v) is 19.8. The number of fused-ring (bicyclic) bond motifs is 4. The number of hydroxylamine groups is 2. The van der Waals surface area contributed by atoms with E-state index in [4.69, 9.17) is 23.8 Å². The zero-order valence-electron chi connectivity index (χ0n) is 32.6. The highest BCUT2D eigenvalue weighted by Gasteiger charge is 2.78. The van der Waals surface area contributed by atoms with Crippen LogP contribution in [0.5, 0.6) is 0 Å². The molecule has 3 saturated heterocycles. The Morgan fingerprint density at radius 2 is 1.69 bits per heavy atom. The van der Waals surface area contributed by atoms with Gasteiger partial charge in [-0.3, -0.25) is 24.0 Å². The number of ether oxygens (including phenoxy) is 5. The van der Waals surface area contributed by atoms with Gasteiger partial charge in [-0.25, -0.2) is 4.79 Å². The molecule has 7 atom stereocenters. The van der Waals surface area contributed by atoms with Gasteiger partial charge in [-0.1, -0.05) is 24.3 Å². The summed E-state index contributed by atoms with van der Waals surface area (Å²) in [6, 6.07) is 4.71. The van der Waals surface area contributed by atoms with Crippen molar-refractivity contribution in [2.24, 2.45) is 17.3 Å². The van der Waals surface area contributed by atoms with Crippen LogP contribution < -0.4 is 10.6 Å². The normalized spacial score (nSPS) is 29.4. The minimum Gasteiger partial charge on any atom is -0.460 e. The molecule has 6 aliphatic rings. The summed E-state index contributed by atoms with van der Waals surface area (Å²) in [6.45, 7) is 3.04. The molecule has 0 unspecified atom stereocenters. The van der Waals surface area contributed by atoms with Crippen molar-refractivity contribution in [3.8, 4) is 0 Å². The number of carbonyl (C=O) groups is 5. The number of hydrogen-bond donors (Lipinski definition) is 3. The molecule has 3 aliphatic heterocycles. The monoisotopic (exact) mass is 821 g/mol. The lowest BCUT2D eigenvalue weighted by Gasteiger charge is -2.48. The van der Waals surface area contributed by atoms with E-state index >= 15 is 0 Å². The second-order valence-electron chi connectivity index (χ2n) is 17.0. The van der Waals surface area contributed by atoms with Crippen LogP contribution in [-0.2, 0) is 59.0 Å². The SMILES string of the molecule is CC(C)(C)OC(=O)CC[C@@H](CO)NC(=O)CCNC(=O)[C@@]12C[C@H]3OC(=O)[C@@H]1N(Cc1ccc(C=CC(=O)OCC(F)(F)F)cc1)O[C@@H]2[C@H]1OC(C2CC2)(C2CC2)O[C@H]13. The van der Waals surface area contributed by atoms with Crippen molar-refractivity contribution in [1.82, 2.24) is 15.7 Å². The van der Waals surface area contributed by atoms with Gasteiger partial charge in [-0.15, -0.1) is 0 Å². The van der Waals surface area contributed by atoms with Gasteiger partial charge in [0.1, 0.15) is 35.4 Å². The average molecular weight is 822 g/mol. The first-order chi connectivity index (χ1) is 27.4. The van der Waals surface area contributed by atoms with Gasteiger partial charge < -0.3 is 39.4 Å². The second-order valence-corrected chi connectivity index (χ2v) is 17.0. The summed E-state index contributed by atoms with van der Waals surface area (Å²) in [6.07, 6.45) is -1.77. The fourth-order valence-electron chi connectivity index (χ4n) is 8.59. The van der Waals surface area contributed by atoms with Gasteiger partial charge in [0, 0.05) is 43.7 Å². The predicted molar refractivity (Wildman–Crippen MR) is 193 cm³/mol. The molecule has 0 spiro atoms. The highest BCUT2D eigenvalue weighted by molar-refractivity contribution is 5.94. The van der Waals surface area contributed by atoms with Crippen LogP contribution in [0, 0.1) is 17.3 Å². The van der Waals surface area contributed by atoms with Gasteiger partial charge in [0.25, 0.3) is 0 Å². The van der Waals surface area contributed by atoms with E-state index in [0.29, 0.717) is 11.1 Å². The molecule has 0 aromatic heterocycles. The minimum absolute atomic E-state index is 0.0126. The lowest BCUT2D eigenvalue weighted by molar-refractivity contribution is -0.235. The van der Waals surface area contributed by atoms with E-state index in [1.807, 2.05) is 0 Å². The molecule has 18 heteroatoms. The van der Waals surface area contributed by atoms with E-state index in [0.717, 1.165) is 31.8 Å². The molecule has 0 radical (unpaired) electrons. The molecule has 2 bridgehead atoms. The Labute approximate surface area is 333 Å². The zero-order valence-corrected chi connectivity index (χ0v) is 32.6. The Hall–Kier alpha value is -4.10. The number of esters is 3. The van der Waals surface area contributed by atoms with Crippen LogP contribution >= 0.6 is 0 Å². The van der Waals surface area contributed by atoms with Crippen LogP contribution in [0.4, 0.5) is 13.2 Å². The Balaban J connectivity index is 1.05. The molecule has 318 valence electrons. The van der Waals surface area contributed by atoms with Crippen molar-refractivity contribution in [3.63, 3.8) is 0 Å². The molecular formula is C40H50F3N3O12. The van der Waals surface area contributed by atoms with E-state index < -0.39 is 102 Å². The van der Waals surface area contributed by atoms with Crippen LogP contribution in [0.3, 0.4) is 0 Å². The van der Waals surface area contributed by atoms with Crippen molar-refractivity contribution >= 4 is 35.8 Å². The summed E-state index contributed by atoms with van der Waals surface area (Å²) in [7, 11) is 0. The van der Waals surface area contributed by atoms with E-state index in [1.165, 1.54) is 11.1 Å². The molecule has 6 fully saturated rings. The van der Waals surface area contributed by atoms with Crippen molar-refractivity contribution < 1.29 is 70.8 Å². The number of carbonyl (C=O) groups excluding carboxylic acids is 5. The number of rotatable bonds is 16. The first-order valence-electron chi connectivity index (χ1n) is 19.8. The Kier molecular flexibility index (Phi) is 11.7. The molecule has 3 N–H and O–H groups in total. The summed E-state index contributed by atoms with van der Waals surface area (Å²) in [5, 5.41) is 16.8. The zero-order chi connectivity index (χ0) is 41.6. The highest BCUT2D eigenvalue weighted by atomic mass is 19.4. The third kappa shape index (κ3) is 9.05. The second kappa shape index (κ2) is 16.2. The van der Waals surface area contributed by atoms with Crippen molar-refractivity contribution in [2.75, 3.05) is 19.8 Å². The quantitative estimate of drug-likeness (QED) is 0.126. The molecule has 1 aromatic rings. The molecule has 3 saturated carbocycles. The lowest BCUT2D eigenvalue weighted by atomic mass is 9.62.